The maximum Gasteiger partial charge on any atom is 0.274 e. The molecule has 3 rings (SSSR count). The lowest BCUT2D eigenvalue weighted by molar-refractivity contribution is 0.101. The number of rotatable bonds is 5. The maximum absolute atomic E-state index is 12.3. The summed E-state index contributed by atoms with van der Waals surface area (Å²) in [6.07, 6.45) is 3.08. The van der Waals surface area contributed by atoms with Gasteiger partial charge in [-0.15, -0.1) is 11.3 Å². The maximum atomic E-state index is 12.3. The van der Waals surface area contributed by atoms with Gasteiger partial charge in [-0.25, -0.2) is 4.98 Å². The van der Waals surface area contributed by atoms with Crippen LogP contribution in [0.5, 0.6) is 5.75 Å². The van der Waals surface area contributed by atoms with E-state index in [1.165, 1.54) is 28.2 Å². The fourth-order valence-corrected chi connectivity index (χ4v) is 2.91. The fourth-order valence-electron chi connectivity index (χ4n) is 2.17. The molecule has 0 aliphatic carbocycles. The third-order valence-electron chi connectivity index (χ3n) is 3.37. The van der Waals surface area contributed by atoms with Crippen molar-refractivity contribution in [3.8, 4) is 5.75 Å². The van der Waals surface area contributed by atoms with Crippen LogP contribution in [-0.2, 0) is 13.7 Å². The first-order chi connectivity index (χ1) is 12.0. The van der Waals surface area contributed by atoms with Gasteiger partial charge in [-0.1, -0.05) is 23.7 Å². The predicted molar refractivity (Wildman–Crippen MR) is 97.5 cm³/mol. The smallest absolute Gasteiger partial charge is 0.274 e. The van der Waals surface area contributed by atoms with Crippen molar-refractivity contribution >= 4 is 34.0 Å². The van der Waals surface area contributed by atoms with Gasteiger partial charge in [0.2, 0.25) is 5.43 Å². The van der Waals surface area contributed by atoms with Gasteiger partial charge in [0.05, 0.1) is 6.20 Å². The van der Waals surface area contributed by atoms with Gasteiger partial charge in [-0.3, -0.25) is 14.9 Å². The third-order valence-corrected chi connectivity index (χ3v) is 4.29. The average Bonchev–Trinajstić information content (AvgIpc) is 3.08. The highest BCUT2D eigenvalue weighted by molar-refractivity contribution is 7.13. The first-order valence-corrected chi connectivity index (χ1v) is 8.57. The minimum atomic E-state index is -0.407. The number of carbonyl (C=O) groups is 1. The van der Waals surface area contributed by atoms with Gasteiger partial charge in [-0.05, 0) is 17.7 Å². The highest BCUT2D eigenvalue weighted by Crippen LogP contribution is 2.15. The summed E-state index contributed by atoms with van der Waals surface area (Å²) < 4.78 is 7.10. The Morgan fingerprint density at radius 3 is 2.96 bits per heavy atom. The number of pyridine rings is 1. The second-order valence-electron chi connectivity index (χ2n) is 5.21. The Labute approximate surface area is 152 Å². The molecule has 1 N–H and O–H groups in total. The number of anilines is 1. The van der Waals surface area contributed by atoms with Crippen LogP contribution in [0, 0.1) is 0 Å². The molecule has 0 saturated carbocycles. The number of aryl methyl sites for hydroxylation is 1. The zero-order chi connectivity index (χ0) is 17.8. The molecule has 2 aromatic heterocycles. The van der Waals surface area contributed by atoms with E-state index in [0.29, 0.717) is 10.2 Å². The highest BCUT2D eigenvalue weighted by atomic mass is 35.5. The second kappa shape index (κ2) is 7.50. The Bertz CT molecular complexity index is 954. The van der Waals surface area contributed by atoms with Crippen molar-refractivity contribution < 1.29 is 9.53 Å². The van der Waals surface area contributed by atoms with Crippen LogP contribution in [-0.4, -0.2) is 15.5 Å². The number of ether oxygens (including phenoxy) is 1. The first kappa shape index (κ1) is 17.2. The van der Waals surface area contributed by atoms with Gasteiger partial charge in [0, 0.05) is 29.7 Å². The number of carbonyl (C=O) groups excluding carboxylic acids is 1. The van der Waals surface area contributed by atoms with E-state index >= 15 is 0 Å². The molecule has 0 bridgehead atoms. The standard InChI is InChI=1S/C17H14ClN3O3S/c1-21-9-15(24-10-11-3-2-4-12(18)7-11)14(22)8-13(21)16(23)20-17-19-5-6-25-17/h2-9H,10H2,1H3,(H,19,20,23). The topological polar surface area (TPSA) is 73.2 Å². The minimum Gasteiger partial charge on any atom is -0.483 e. The van der Waals surface area contributed by atoms with E-state index < -0.39 is 5.91 Å². The highest BCUT2D eigenvalue weighted by Gasteiger charge is 2.14. The molecule has 0 fully saturated rings. The molecule has 2 heterocycles. The molecule has 0 aliphatic heterocycles. The van der Waals surface area contributed by atoms with Crippen LogP contribution >= 0.6 is 22.9 Å². The van der Waals surface area contributed by atoms with E-state index in [9.17, 15) is 9.59 Å². The molecule has 0 spiro atoms. The van der Waals surface area contributed by atoms with E-state index in [1.54, 1.807) is 30.8 Å². The average molecular weight is 376 g/mol. The first-order valence-electron chi connectivity index (χ1n) is 7.31. The van der Waals surface area contributed by atoms with E-state index in [4.69, 9.17) is 16.3 Å². The van der Waals surface area contributed by atoms with Gasteiger partial charge in [0.15, 0.2) is 10.9 Å². The number of halogens is 1. The molecule has 0 saturated heterocycles. The third kappa shape index (κ3) is 4.26. The normalized spacial score (nSPS) is 10.5. The summed E-state index contributed by atoms with van der Waals surface area (Å²) >= 11 is 7.23. The van der Waals surface area contributed by atoms with Crippen molar-refractivity contribution in [1.82, 2.24) is 9.55 Å². The number of hydrogen-bond donors (Lipinski definition) is 1. The minimum absolute atomic E-state index is 0.160. The number of benzene rings is 1. The number of amides is 1. The van der Waals surface area contributed by atoms with Crippen molar-refractivity contribution in [2.24, 2.45) is 7.05 Å². The van der Waals surface area contributed by atoms with Crippen molar-refractivity contribution in [1.29, 1.82) is 0 Å². The zero-order valence-electron chi connectivity index (χ0n) is 13.2. The van der Waals surface area contributed by atoms with Crippen LogP contribution in [0.15, 0.2) is 52.9 Å². The molecule has 1 aromatic carbocycles. The number of nitrogens with one attached hydrogen (secondary N) is 1. The molecule has 6 nitrogen and oxygen atoms in total. The summed E-state index contributed by atoms with van der Waals surface area (Å²) in [6.45, 7) is 0.209. The summed E-state index contributed by atoms with van der Waals surface area (Å²) in [6, 6.07) is 8.44. The quantitative estimate of drug-likeness (QED) is 0.742. The van der Waals surface area contributed by atoms with E-state index in [1.807, 2.05) is 12.1 Å². The summed E-state index contributed by atoms with van der Waals surface area (Å²) in [4.78, 5) is 28.5. The largest absolute Gasteiger partial charge is 0.483 e. The zero-order valence-corrected chi connectivity index (χ0v) is 14.8. The van der Waals surface area contributed by atoms with Crippen LogP contribution in [0.4, 0.5) is 5.13 Å². The lowest BCUT2D eigenvalue weighted by atomic mass is 10.2. The predicted octanol–water partition coefficient (Wildman–Crippen LogP) is 3.33. The summed E-state index contributed by atoms with van der Waals surface area (Å²) in [7, 11) is 1.67. The molecule has 0 radical (unpaired) electrons. The molecule has 8 heteroatoms. The number of nitrogens with zero attached hydrogens (tertiary/aromatic N) is 2. The monoisotopic (exact) mass is 375 g/mol. The number of hydrogen-bond acceptors (Lipinski definition) is 5. The molecular formula is C17H14ClN3O3S. The Hall–Kier alpha value is -2.64. The molecule has 0 atom stereocenters. The van der Waals surface area contributed by atoms with E-state index in [-0.39, 0.29) is 23.5 Å². The lowest BCUT2D eigenvalue weighted by Crippen LogP contribution is -2.21. The van der Waals surface area contributed by atoms with Crippen molar-refractivity contribution in [3.05, 3.63) is 74.6 Å². The van der Waals surface area contributed by atoms with E-state index in [2.05, 4.69) is 10.3 Å². The van der Waals surface area contributed by atoms with Crippen LogP contribution < -0.4 is 15.5 Å². The Morgan fingerprint density at radius 2 is 2.24 bits per heavy atom. The molecule has 0 aliphatic rings. The van der Waals surface area contributed by atoms with Gasteiger partial charge in [0.1, 0.15) is 12.3 Å². The van der Waals surface area contributed by atoms with Crippen molar-refractivity contribution in [2.75, 3.05) is 5.32 Å². The summed E-state index contributed by atoms with van der Waals surface area (Å²) in [5.74, 6) is -0.246. The number of aromatic nitrogens is 2. The van der Waals surface area contributed by atoms with Crippen LogP contribution in [0.25, 0.3) is 0 Å². The Kier molecular flexibility index (Phi) is 5.16. The fraction of sp³-hybridized carbons (Fsp3) is 0.118. The van der Waals surface area contributed by atoms with Gasteiger partial charge in [-0.2, -0.15) is 0 Å². The molecule has 1 amide bonds. The molecule has 0 unspecified atom stereocenters. The van der Waals surface area contributed by atoms with Crippen LogP contribution in [0.2, 0.25) is 5.02 Å². The molecule has 128 valence electrons. The lowest BCUT2D eigenvalue weighted by Gasteiger charge is -2.11. The van der Waals surface area contributed by atoms with Crippen molar-refractivity contribution in [3.63, 3.8) is 0 Å². The number of thiazole rings is 1. The summed E-state index contributed by atoms with van der Waals surface area (Å²) in [5, 5.41) is 5.47. The Balaban J connectivity index is 1.75. The SMILES string of the molecule is Cn1cc(OCc2cccc(Cl)c2)c(=O)cc1C(=O)Nc1nccs1. The van der Waals surface area contributed by atoms with E-state index in [0.717, 1.165) is 5.56 Å². The molecule has 3 aromatic rings. The Morgan fingerprint density at radius 1 is 1.40 bits per heavy atom. The second-order valence-corrected chi connectivity index (χ2v) is 6.54. The van der Waals surface area contributed by atoms with Gasteiger partial charge >= 0.3 is 0 Å². The summed E-state index contributed by atoms with van der Waals surface area (Å²) in [5.41, 5.74) is 0.694. The molecule has 25 heavy (non-hydrogen) atoms. The molecular weight excluding hydrogens is 362 g/mol. The van der Waals surface area contributed by atoms with Crippen LogP contribution in [0.3, 0.4) is 0 Å². The van der Waals surface area contributed by atoms with Crippen molar-refractivity contribution in [2.45, 2.75) is 6.61 Å². The van der Waals surface area contributed by atoms with Gasteiger partial charge < -0.3 is 9.30 Å². The van der Waals surface area contributed by atoms with Crippen LogP contribution in [0.1, 0.15) is 16.1 Å². The van der Waals surface area contributed by atoms with Gasteiger partial charge in [0.25, 0.3) is 5.91 Å².